The summed E-state index contributed by atoms with van der Waals surface area (Å²) in [6.45, 7) is 28.4. The monoisotopic (exact) mass is 841 g/mol. The van der Waals surface area contributed by atoms with Crippen LogP contribution < -0.4 is 9.47 Å². The van der Waals surface area contributed by atoms with E-state index in [0.29, 0.717) is 41.8 Å². The minimum atomic E-state index is -0.467. The molecular weight excluding hydrogens is 769 g/mol. The molecule has 15 atom stereocenters. The number of allylic oxidation sites excluding steroid dienone is 3. The lowest BCUT2D eigenvalue weighted by atomic mass is 9.32. The van der Waals surface area contributed by atoms with Crippen molar-refractivity contribution in [2.45, 2.75) is 171 Å². The van der Waals surface area contributed by atoms with E-state index in [2.05, 4.69) is 100 Å². The van der Waals surface area contributed by atoms with E-state index in [1.54, 1.807) is 0 Å². The molecule has 2 N–H and O–H groups in total. The van der Waals surface area contributed by atoms with Crippen LogP contribution >= 0.6 is 0 Å². The van der Waals surface area contributed by atoms with Crippen molar-refractivity contribution in [3.8, 4) is 23.0 Å². The average Bonchev–Trinajstić information content (AvgIpc) is 3.20. The van der Waals surface area contributed by atoms with Crippen molar-refractivity contribution in [3.05, 3.63) is 57.7 Å². The number of carbonyl (C=O) groups is 2. The van der Waals surface area contributed by atoms with Crippen molar-refractivity contribution in [2.24, 2.45) is 67.5 Å². The van der Waals surface area contributed by atoms with E-state index in [1.165, 1.54) is 16.7 Å². The van der Waals surface area contributed by atoms with Gasteiger partial charge in [-0.3, -0.25) is 9.59 Å². The molecule has 2 aromatic carbocycles. The molecule has 9 aliphatic rings. The Kier molecular flexibility index (Phi) is 8.11. The van der Waals surface area contributed by atoms with Gasteiger partial charge in [-0.2, -0.15) is 0 Å². The molecule has 62 heavy (non-hydrogen) atoms. The predicted octanol–water partition coefficient (Wildman–Crippen LogP) is 13.0. The van der Waals surface area contributed by atoms with Gasteiger partial charge in [-0.25, -0.2) is 0 Å². The minimum Gasteiger partial charge on any atom is -0.504 e. The Labute approximate surface area is 370 Å². The van der Waals surface area contributed by atoms with E-state index < -0.39 is 6.10 Å². The van der Waals surface area contributed by atoms with Gasteiger partial charge >= 0.3 is 0 Å². The van der Waals surface area contributed by atoms with Crippen LogP contribution in [0.5, 0.6) is 23.0 Å². The van der Waals surface area contributed by atoms with E-state index in [1.807, 2.05) is 13.0 Å². The summed E-state index contributed by atoms with van der Waals surface area (Å²) < 4.78 is 15.2. The molecular formula is C56H72O6. The highest BCUT2D eigenvalue weighted by atomic mass is 16.6. The Bertz CT molecular complexity index is 2460. The van der Waals surface area contributed by atoms with E-state index in [9.17, 15) is 19.8 Å². The third-order valence-electron chi connectivity index (χ3n) is 22.6. The first kappa shape index (κ1) is 41.2. The Morgan fingerprint density at radius 3 is 1.98 bits per heavy atom. The summed E-state index contributed by atoms with van der Waals surface area (Å²) in [5.41, 5.74) is 6.96. The maximum absolute atomic E-state index is 13.3. The summed E-state index contributed by atoms with van der Waals surface area (Å²) in [6.07, 6.45) is 17.1. The second-order valence-corrected chi connectivity index (χ2v) is 25.1. The molecule has 0 unspecified atom stereocenters. The van der Waals surface area contributed by atoms with Crippen molar-refractivity contribution in [1.29, 1.82) is 0 Å². The zero-order chi connectivity index (χ0) is 44.3. The normalized spacial score (nSPS) is 48.1. The molecule has 11 rings (SSSR count). The van der Waals surface area contributed by atoms with Gasteiger partial charge in [0.2, 0.25) is 0 Å². The van der Waals surface area contributed by atoms with Crippen LogP contribution in [0.25, 0.3) is 11.6 Å². The van der Waals surface area contributed by atoms with E-state index >= 15 is 0 Å². The second-order valence-electron chi connectivity index (χ2n) is 25.1. The van der Waals surface area contributed by atoms with Gasteiger partial charge in [-0.1, -0.05) is 87.5 Å². The SMILES string of the molecule is Cc1c2c(cc3c1O[C@H]1c4c(cc(O)c(O)c4C)[C@]4(C)CC[C@@]5(C)[C@@H]6C[C@@H](C)C(=O)C[C@]6(C)CC[C@]5(C)[C@H]4[C@@H]1O3)C1=CC[C@@]3(C)[C@@H]4C[C@@H](C)C(=O)C[C@]4(C)CC[C@]3(C)[C@]1(C)C=C2. The third-order valence-corrected chi connectivity index (χ3v) is 22.6. The number of benzene rings is 2. The van der Waals surface area contributed by atoms with Crippen LogP contribution in [0.1, 0.15) is 179 Å². The molecule has 5 fully saturated rings. The standard InChI is InChI=1S/C56H72O6/c1-29-23-41-49(5,27-38(29)58)17-20-55(11)48-47-46(43-32(4)44(60)37(57)26-36(43)51(48,7)19-21-53(41,55)9)62-45-31(3)33-13-15-52(8)35(34(33)25-40(45)61-47)14-16-54(10)42-24-30(2)39(59)28-50(42,6)18-22-56(52,54)12/h13-15,25-26,29-30,41-42,46-48,57,60H,16-24,27-28H2,1-12H3/t29-,30-,41-,42-,46+,47-,48+,49+,50+,51+,52-,53+,54+,55-,56-/m1/s1. The quantitative estimate of drug-likeness (QED) is 0.257. The summed E-state index contributed by atoms with van der Waals surface area (Å²) in [4.78, 5) is 26.5. The highest BCUT2D eigenvalue weighted by Gasteiger charge is 2.72. The number of carbonyl (C=O) groups excluding carboxylic acids is 2. The van der Waals surface area contributed by atoms with Gasteiger partial charge in [0.1, 0.15) is 17.7 Å². The number of ketones is 2. The van der Waals surface area contributed by atoms with Gasteiger partial charge in [-0.05, 0) is 150 Å². The number of hydrogen-bond acceptors (Lipinski definition) is 6. The van der Waals surface area contributed by atoms with E-state index in [0.717, 1.165) is 86.0 Å². The highest BCUT2D eigenvalue weighted by Crippen LogP contribution is 2.78. The zero-order valence-electron chi connectivity index (χ0n) is 39.7. The lowest BCUT2D eigenvalue weighted by Crippen LogP contribution is -2.69. The molecule has 6 heteroatoms. The largest absolute Gasteiger partial charge is 0.504 e. The van der Waals surface area contributed by atoms with Crippen LogP contribution in [0.15, 0.2) is 24.3 Å². The van der Waals surface area contributed by atoms with Crippen LogP contribution in [-0.2, 0) is 15.0 Å². The Morgan fingerprint density at radius 2 is 1.32 bits per heavy atom. The van der Waals surface area contributed by atoms with Gasteiger partial charge in [0, 0.05) is 58.1 Å². The van der Waals surface area contributed by atoms with Gasteiger partial charge in [0.15, 0.2) is 29.1 Å². The van der Waals surface area contributed by atoms with E-state index in [4.69, 9.17) is 9.47 Å². The summed E-state index contributed by atoms with van der Waals surface area (Å²) in [6, 6.07) is 4.18. The molecule has 0 saturated heterocycles. The van der Waals surface area contributed by atoms with Crippen molar-refractivity contribution < 1.29 is 29.3 Å². The molecule has 8 aliphatic carbocycles. The summed E-state index contributed by atoms with van der Waals surface area (Å²) in [7, 11) is 0. The number of hydrogen-bond donors (Lipinski definition) is 2. The Hall–Kier alpha value is -3.54. The van der Waals surface area contributed by atoms with Crippen molar-refractivity contribution in [1.82, 2.24) is 0 Å². The first-order chi connectivity index (χ1) is 28.9. The van der Waals surface area contributed by atoms with Gasteiger partial charge in [0.05, 0.1) is 0 Å². The average molecular weight is 841 g/mol. The minimum absolute atomic E-state index is 0.00729. The second kappa shape index (κ2) is 12.2. The molecule has 1 aliphatic heterocycles. The number of ether oxygens (including phenoxy) is 2. The first-order valence-corrected chi connectivity index (χ1v) is 24.4. The molecule has 0 radical (unpaired) electrons. The number of phenolic OH excluding ortho intramolecular Hbond substituents is 2. The van der Waals surface area contributed by atoms with Crippen molar-refractivity contribution in [3.63, 3.8) is 0 Å². The number of phenols is 2. The summed E-state index contributed by atoms with van der Waals surface area (Å²) in [5, 5.41) is 22.7. The number of fused-ring (bicyclic) bond motifs is 18. The molecule has 0 bridgehead atoms. The predicted molar refractivity (Wildman–Crippen MR) is 244 cm³/mol. The fourth-order valence-electron chi connectivity index (χ4n) is 18.2. The topological polar surface area (TPSA) is 93.1 Å². The van der Waals surface area contributed by atoms with Gasteiger partial charge in [0.25, 0.3) is 0 Å². The zero-order valence-corrected chi connectivity index (χ0v) is 39.7. The molecule has 5 saturated carbocycles. The molecule has 0 amide bonds. The highest BCUT2D eigenvalue weighted by molar-refractivity contribution is 5.88. The van der Waals surface area contributed by atoms with Crippen LogP contribution in [0, 0.1) is 81.3 Å². The Morgan fingerprint density at radius 1 is 0.710 bits per heavy atom. The number of aromatic hydroxyl groups is 2. The molecule has 0 spiro atoms. The van der Waals surface area contributed by atoms with Crippen LogP contribution in [0.4, 0.5) is 0 Å². The molecule has 0 aromatic heterocycles. The van der Waals surface area contributed by atoms with Gasteiger partial charge < -0.3 is 19.7 Å². The third kappa shape index (κ3) is 4.59. The molecule has 6 nitrogen and oxygen atoms in total. The molecule has 2 aromatic rings. The Balaban J connectivity index is 1.06. The smallest absolute Gasteiger partial charge is 0.165 e. The first-order valence-electron chi connectivity index (χ1n) is 24.4. The maximum Gasteiger partial charge on any atom is 0.165 e. The fourth-order valence-corrected chi connectivity index (χ4v) is 18.2. The number of Topliss-reactive ketones (excluding diaryl/α,β-unsaturated/α-hetero) is 2. The number of rotatable bonds is 0. The fraction of sp³-hybridized carbons (Fsp3) is 0.679. The van der Waals surface area contributed by atoms with Gasteiger partial charge in [-0.15, -0.1) is 0 Å². The van der Waals surface area contributed by atoms with Crippen molar-refractivity contribution in [2.75, 3.05) is 0 Å². The lowest BCUT2D eigenvalue weighted by Gasteiger charge is -2.72. The van der Waals surface area contributed by atoms with Crippen molar-refractivity contribution >= 4 is 23.2 Å². The summed E-state index contributed by atoms with van der Waals surface area (Å²) >= 11 is 0. The summed E-state index contributed by atoms with van der Waals surface area (Å²) in [5.74, 6) is 3.46. The van der Waals surface area contributed by atoms with Crippen LogP contribution in [-0.4, -0.2) is 27.9 Å². The van der Waals surface area contributed by atoms with Crippen LogP contribution in [0.2, 0.25) is 0 Å². The van der Waals surface area contributed by atoms with E-state index in [-0.39, 0.29) is 78.7 Å². The lowest BCUT2D eigenvalue weighted by molar-refractivity contribution is -0.230. The van der Waals surface area contributed by atoms with Crippen LogP contribution in [0.3, 0.4) is 0 Å². The molecule has 332 valence electrons. The molecule has 1 heterocycles. The maximum atomic E-state index is 13.3.